The Kier molecular flexibility index (Phi) is 5.20. The van der Waals surface area contributed by atoms with Gasteiger partial charge in [-0.25, -0.2) is 9.59 Å². The highest BCUT2D eigenvalue weighted by molar-refractivity contribution is 7.86. The summed E-state index contributed by atoms with van der Waals surface area (Å²) in [5.74, 6) is -2.83. The van der Waals surface area contributed by atoms with Crippen molar-refractivity contribution in [2.45, 2.75) is 30.3 Å². The van der Waals surface area contributed by atoms with E-state index in [4.69, 9.17) is 4.18 Å². The Balaban J connectivity index is 1.40. The molecule has 0 radical (unpaired) electrons. The first-order chi connectivity index (χ1) is 16.6. The van der Waals surface area contributed by atoms with Crippen molar-refractivity contribution in [2.75, 3.05) is 11.9 Å². The van der Waals surface area contributed by atoms with Crippen LogP contribution in [0, 0.1) is 12.8 Å². The Hall–Kier alpha value is -4.06. The molecule has 35 heavy (non-hydrogen) atoms. The number of aryl methyl sites for hydroxylation is 1. The molecule has 0 aromatic heterocycles. The summed E-state index contributed by atoms with van der Waals surface area (Å²) in [6.07, 6.45) is -0.0688. The topological polar surface area (TPSA) is 154 Å². The molecule has 11 nitrogen and oxygen atoms in total. The molecule has 0 spiro atoms. The number of nitrogens with zero attached hydrogens (tertiary/aromatic N) is 2. The fraction of sp³-hybridized carbons (Fsp3) is 0.261. The second kappa shape index (κ2) is 8.01. The summed E-state index contributed by atoms with van der Waals surface area (Å²) in [4.78, 5) is 40.1. The second-order valence-electron chi connectivity index (χ2n) is 8.66. The molecule has 3 aliphatic rings. The van der Waals surface area contributed by atoms with Crippen LogP contribution >= 0.6 is 0 Å². The normalized spacial score (nSPS) is 23.0. The van der Waals surface area contributed by atoms with E-state index in [1.807, 2.05) is 0 Å². The summed E-state index contributed by atoms with van der Waals surface area (Å²) in [6, 6.07) is 9.67. The number of carboxylic acids is 1. The van der Waals surface area contributed by atoms with Crippen molar-refractivity contribution < 1.29 is 37.2 Å². The smallest absolute Gasteiger partial charge is 0.356 e. The van der Waals surface area contributed by atoms with Gasteiger partial charge in [0, 0.05) is 24.6 Å². The third-order valence-corrected chi connectivity index (χ3v) is 7.69. The van der Waals surface area contributed by atoms with E-state index < -0.39 is 51.7 Å². The number of benzene rings is 2. The van der Waals surface area contributed by atoms with Crippen LogP contribution in [0.25, 0.3) is 0 Å². The highest BCUT2D eigenvalue weighted by Crippen LogP contribution is 2.48. The number of hydrogen-bond acceptors (Lipinski definition) is 7. The zero-order valence-electron chi connectivity index (χ0n) is 18.4. The number of carbonyl (C=O) groups excluding carboxylic acids is 2. The van der Waals surface area contributed by atoms with E-state index in [9.17, 15) is 33.0 Å². The number of phenols is 1. The van der Waals surface area contributed by atoms with Crippen molar-refractivity contribution in [1.82, 2.24) is 9.80 Å². The van der Waals surface area contributed by atoms with Gasteiger partial charge in [0.05, 0.1) is 6.04 Å². The number of phenolic OH excluding ortho intramolecular Hbond substituents is 1. The molecule has 2 fully saturated rings. The van der Waals surface area contributed by atoms with Gasteiger partial charge in [-0.3, -0.25) is 9.69 Å². The largest absolute Gasteiger partial charge is 0.508 e. The van der Waals surface area contributed by atoms with Crippen LogP contribution < -0.4 is 5.32 Å². The molecule has 3 atom stereocenters. The van der Waals surface area contributed by atoms with E-state index in [1.54, 1.807) is 19.1 Å². The second-order valence-corrected chi connectivity index (χ2v) is 10.2. The zero-order valence-corrected chi connectivity index (χ0v) is 19.2. The van der Waals surface area contributed by atoms with Crippen LogP contribution in [0.15, 0.2) is 64.9 Å². The number of urea groups is 1. The quantitative estimate of drug-likeness (QED) is 0.320. The first kappa shape index (κ1) is 22.7. The average Bonchev–Trinajstić information content (AvgIpc) is 3.16. The fourth-order valence-corrected chi connectivity index (χ4v) is 5.78. The molecule has 2 aromatic rings. The summed E-state index contributed by atoms with van der Waals surface area (Å²) in [7, 11) is -4.34. The molecule has 0 unspecified atom stereocenters. The van der Waals surface area contributed by atoms with Gasteiger partial charge in [-0.15, -0.1) is 0 Å². The third-order valence-electron chi connectivity index (χ3n) is 6.42. The van der Waals surface area contributed by atoms with Crippen molar-refractivity contribution in [3.8, 4) is 5.75 Å². The van der Waals surface area contributed by atoms with Crippen molar-refractivity contribution in [1.29, 1.82) is 0 Å². The van der Waals surface area contributed by atoms with Crippen molar-refractivity contribution in [2.24, 2.45) is 5.92 Å². The van der Waals surface area contributed by atoms with Gasteiger partial charge in [0.15, 0.2) is 11.5 Å². The van der Waals surface area contributed by atoms with Crippen LogP contribution in [-0.4, -0.2) is 65.0 Å². The Morgan fingerprint density at radius 2 is 1.74 bits per heavy atom. The highest BCUT2D eigenvalue weighted by Gasteiger charge is 2.64. The number of rotatable bonds is 5. The summed E-state index contributed by atoms with van der Waals surface area (Å²) < 4.78 is 30.9. The predicted octanol–water partition coefficient (Wildman–Crippen LogP) is 1.85. The van der Waals surface area contributed by atoms with E-state index in [0.717, 1.165) is 10.5 Å². The first-order valence-electron chi connectivity index (χ1n) is 10.7. The minimum atomic E-state index is -4.34. The molecule has 0 saturated carbocycles. The zero-order chi connectivity index (χ0) is 25.1. The molecule has 12 heteroatoms. The van der Waals surface area contributed by atoms with Gasteiger partial charge in [-0.2, -0.15) is 8.42 Å². The highest BCUT2D eigenvalue weighted by atomic mass is 32.2. The molecule has 3 aliphatic heterocycles. The number of β-lactam (4-membered cyclic amide) rings is 1. The SMILES string of the molecule is Cc1ccc(S(=O)(=O)OC2=C(C(=O)O)N3C(=O)[C@@H]4[C@H]3[C@H](C2)CN4C(=O)Nc2ccc(O)cc2)cc1. The number of anilines is 1. The molecule has 5 rings (SSSR count). The Labute approximate surface area is 200 Å². The van der Waals surface area contributed by atoms with Gasteiger partial charge in [-0.05, 0) is 43.3 Å². The number of aliphatic carboxylic acids is 1. The van der Waals surface area contributed by atoms with Gasteiger partial charge in [0.2, 0.25) is 0 Å². The Morgan fingerprint density at radius 3 is 2.37 bits per heavy atom. The van der Waals surface area contributed by atoms with Crippen molar-refractivity contribution in [3.05, 3.63) is 65.6 Å². The minimum absolute atomic E-state index is 0.0281. The number of hydrogen-bond donors (Lipinski definition) is 3. The summed E-state index contributed by atoms with van der Waals surface area (Å²) in [5.41, 5.74) is 0.719. The number of carbonyl (C=O) groups is 3. The molecule has 3 N–H and O–H groups in total. The maximum Gasteiger partial charge on any atom is 0.356 e. The molecule has 3 heterocycles. The summed E-state index contributed by atoms with van der Waals surface area (Å²) in [5, 5.41) is 21.9. The van der Waals surface area contributed by atoms with E-state index in [2.05, 4.69) is 5.32 Å². The van der Waals surface area contributed by atoms with Gasteiger partial charge >= 0.3 is 22.1 Å². The Bertz CT molecular complexity index is 1370. The van der Waals surface area contributed by atoms with Crippen molar-refractivity contribution in [3.63, 3.8) is 0 Å². The lowest BCUT2D eigenvalue weighted by Crippen LogP contribution is -2.69. The molecule has 0 bridgehead atoms. The van der Waals surface area contributed by atoms with E-state index in [1.165, 1.54) is 41.3 Å². The number of allylic oxidation sites excluding steroid dienone is 1. The van der Waals surface area contributed by atoms with Gasteiger partial charge in [0.25, 0.3) is 5.91 Å². The number of amides is 3. The molecule has 2 saturated heterocycles. The summed E-state index contributed by atoms with van der Waals surface area (Å²) >= 11 is 0. The minimum Gasteiger partial charge on any atom is -0.508 e. The lowest BCUT2D eigenvalue weighted by atomic mass is 9.82. The van der Waals surface area contributed by atoms with Crippen LogP contribution in [0.3, 0.4) is 0 Å². The van der Waals surface area contributed by atoms with Gasteiger partial charge in [0.1, 0.15) is 16.7 Å². The molecule has 182 valence electrons. The van der Waals surface area contributed by atoms with Crippen LogP contribution in [-0.2, 0) is 23.9 Å². The molecule has 2 aromatic carbocycles. The van der Waals surface area contributed by atoms with Crippen LogP contribution in [0.2, 0.25) is 0 Å². The van der Waals surface area contributed by atoms with E-state index in [-0.39, 0.29) is 29.4 Å². The molecular weight excluding hydrogens is 478 g/mol. The number of carboxylic acid groups (broad SMARTS) is 1. The summed E-state index contributed by atoms with van der Waals surface area (Å²) in [6.45, 7) is 1.89. The van der Waals surface area contributed by atoms with E-state index >= 15 is 0 Å². The van der Waals surface area contributed by atoms with E-state index in [0.29, 0.717) is 5.69 Å². The van der Waals surface area contributed by atoms with Crippen molar-refractivity contribution >= 4 is 33.7 Å². The average molecular weight is 500 g/mol. The number of aromatic hydroxyl groups is 1. The maximum absolute atomic E-state index is 13.0. The molecule has 0 aliphatic carbocycles. The van der Waals surface area contributed by atoms with Crippen LogP contribution in [0.4, 0.5) is 10.5 Å². The monoisotopic (exact) mass is 499 g/mol. The fourth-order valence-electron chi connectivity index (χ4n) is 4.80. The first-order valence-corrected chi connectivity index (χ1v) is 12.1. The molecular formula is C23H21N3O8S. The predicted molar refractivity (Wildman–Crippen MR) is 120 cm³/mol. The van der Waals surface area contributed by atoms with Gasteiger partial charge < -0.3 is 24.6 Å². The lowest BCUT2D eigenvalue weighted by molar-refractivity contribution is -0.156. The van der Waals surface area contributed by atoms with Gasteiger partial charge in [-0.1, -0.05) is 17.7 Å². The lowest BCUT2D eigenvalue weighted by Gasteiger charge is -2.49. The Morgan fingerprint density at radius 1 is 1.09 bits per heavy atom. The standard InChI is InChI=1S/C23H21N3O8S/c1-12-2-8-16(9-3-12)35(32,33)34-17-10-13-11-25(23(31)24-14-4-6-15(27)7-5-14)20-18(13)26(21(20)28)19(17)22(29)30/h2-9,13,18,20,27H,10-11H2,1H3,(H,24,31)(H,29,30)/t13-,18-,20+/m1/s1. The third kappa shape index (κ3) is 3.75. The number of likely N-dealkylation sites (tertiary alicyclic amines) is 1. The van der Waals surface area contributed by atoms with Crippen LogP contribution in [0.5, 0.6) is 5.75 Å². The van der Waals surface area contributed by atoms with Crippen LogP contribution in [0.1, 0.15) is 12.0 Å². The maximum atomic E-state index is 13.0. The molecule has 3 amide bonds. The number of nitrogens with one attached hydrogen (secondary N) is 1.